The molecule has 0 aliphatic heterocycles. The maximum Gasteiger partial charge on any atom is 0.226 e. The molecule has 0 aliphatic carbocycles. The van der Waals surface area contributed by atoms with Crippen molar-refractivity contribution in [3.05, 3.63) is 46.1 Å². The van der Waals surface area contributed by atoms with Crippen LogP contribution in [0.4, 0.5) is 0 Å². The van der Waals surface area contributed by atoms with Gasteiger partial charge in [0, 0.05) is 28.7 Å². The largest absolute Gasteiger partial charge is 0.349 e. The Hall–Kier alpha value is -1.99. The predicted octanol–water partition coefficient (Wildman–Crippen LogP) is 2.45. The van der Waals surface area contributed by atoms with Crippen LogP contribution in [0.25, 0.3) is 10.6 Å². The third-order valence-corrected chi connectivity index (χ3v) is 4.29. The van der Waals surface area contributed by atoms with Gasteiger partial charge in [-0.2, -0.15) is 11.3 Å². The summed E-state index contributed by atoms with van der Waals surface area (Å²) < 4.78 is 0. The van der Waals surface area contributed by atoms with E-state index < -0.39 is 0 Å². The molecule has 3 aromatic heterocycles. The molecule has 20 heavy (non-hydrogen) atoms. The van der Waals surface area contributed by atoms with Crippen molar-refractivity contribution in [3.8, 4) is 10.6 Å². The van der Waals surface area contributed by atoms with Gasteiger partial charge in [0.2, 0.25) is 5.91 Å². The molecule has 0 spiro atoms. The van der Waals surface area contributed by atoms with Gasteiger partial charge in [0.1, 0.15) is 10.8 Å². The first-order chi connectivity index (χ1) is 9.81. The molecule has 3 rings (SSSR count). The zero-order valence-electron chi connectivity index (χ0n) is 10.5. The van der Waals surface area contributed by atoms with E-state index in [2.05, 4.69) is 25.6 Å². The van der Waals surface area contributed by atoms with Crippen molar-refractivity contribution in [2.75, 3.05) is 0 Å². The Morgan fingerprint density at radius 3 is 3.10 bits per heavy atom. The van der Waals surface area contributed by atoms with Gasteiger partial charge in [0.15, 0.2) is 0 Å². The highest BCUT2D eigenvalue weighted by Crippen LogP contribution is 2.25. The Morgan fingerprint density at radius 1 is 1.40 bits per heavy atom. The number of hydrogen-bond acceptors (Lipinski definition) is 5. The molecule has 0 atom stereocenters. The molecule has 0 aliphatic rings. The Kier molecular flexibility index (Phi) is 3.89. The van der Waals surface area contributed by atoms with Gasteiger partial charge < -0.3 is 10.3 Å². The van der Waals surface area contributed by atoms with Crippen LogP contribution in [0.5, 0.6) is 0 Å². The summed E-state index contributed by atoms with van der Waals surface area (Å²) in [6.45, 7) is 0.410. The Labute approximate surface area is 123 Å². The zero-order valence-corrected chi connectivity index (χ0v) is 12.1. The number of hydrogen-bond donors (Lipinski definition) is 2. The quantitative estimate of drug-likeness (QED) is 0.760. The number of nitrogens with zero attached hydrogens (tertiary/aromatic N) is 2. The van der Waals surface area contributed by atoms with E-state index in [0.717, 1.165) is 22.1 Å². The molecule has 7 heteroatoms. The summed E-state index contributed by atoms with van der Waals surface area (Å²) in [6, 6.07) is 2.03. The number of imidazole rings is 1. The Morgan fingerprint density at radius 2 is 2.35 bits per heavy atom. The summed E-state index contributed by atoms with van der Waals surface area (Å²) in [4.78, 5) is 23.3. The number of carbonyl (C=O) groups is 1. The zero-order chi connectivity index (χ0) is 13.8. The first-order valence-electron chi connectivity index (χ1n) is 6.03. The lowest BCUT2D eigenvalue weighted by atomic mass is 10.3. The number of thiazole rings is 1. The number of rotatable bonds is 5. The lowest BCUT2D eigenvalue weighted by Gasteiger charge is -2.01. The highest BCUT2D eigenvalue weighted by Gasteiger charge is 2.09. The van der Waals surface area contributed by atoms with Gasteiger partial charge in [-0.1, -0.05) is 0 Å². The van der Waals surface area contributed by atoms with Crippen molar-refractivity contribution in [2.24, 2.45) is 0 Å². The summed E-state index contributed by atoms with van der Waals surface area (Å²) in [5.74, 6) is 0.694. The molecule has 0 saturated carbocycles. The molecule has 0 bridgehead atoms. The molecule has 2 N–H and O–H groups in total. The van der Waals surface area contributed by atoms with Crippen LogP contribution in [-0.4, -0.2) is 20.9 Å². The molecule has 0 saturated heterocycles. The van der Waals surface area contributed by atoms with Crippen molar-refractivity contribution >= 4 is 28.6 Å². The predicted molar refractivity (Wildman–Crippen MR) is 79.6 cm³/mol. The number of thiophene rings is 1. The highest BCUT2D eigenvalue weighted by atomic mass is 32.1. The number of aromatic nitrogens is 3. The average Bonchev–Trinajstić information content (AvgIpc) is 3.18. The highest BCUT2D eigenvalue weighted by molar-refractivity contribution is 7.14. The fourth-order valence-electron chi connectivity index (χ4n) is 1.71. The monoisotopic (exact) mass is 304 g/mol. The summed E-state index contributed by atoms with van der Waals surface area (Å²) >= 11 is 3.20. The summed E-state index contributed by atoms with van der Waals surface area (Å²) in [5.41, 5.74) is 1.91. The molecular weight excluding hydrogens is 292 g/mol. The van der Waals surface area contributed by atoms with Gasteiger partial charge in [0.25, 0.3) is 0 Å². The van der Waals surface area contributed by atoms with E-state index in [1.54, 1.807) is 35.1 Å². The van der Waals surface area contributed by atoms with Gasteiger partial charge in [0.05, 0.1) is 18.7 Å². The average molecular weight is 304 g/mol. The van der Waals surface area contributed by atoms with E-state index >= 15 is 0 Å². The van der Waals surface area contributed by atoms with Crippen molar-refractivity contribution in [3.63, 3.8) is 0 Å². The minimum absolute atomic E-state index is 0.0523. The van der Waals surface area contributed by atoms with Crippen LogP contribution < -0.4 is 5.32 Å². The van der Waals surface area contributed by atoms with Gasteiger partial charge >= 0.3 is 0 Å². The molecule has 0 unspecified atom stereocenters. The maximum absolute atomic E-state index is 11.8. The van der Waals surface area contributed by atoms with E-state index in [-0.39, 0.29) is 5.91 Å². The van der Waals surface area contributed by atoms with Crippen molar-refractivity contribution in [2.45, 2.75) is 13.0 Å². The Bertz CT molecular complexity index is 673. The molecule has 0 radical (unpaired) electrons. The van der Waals surface area contributed by atoms with Gasteiger partial charge in [-0.3, -0.25) is 4.79 Å². The third-order valence-electron chi connectivity index (χ3n) is 2.67. The minimum atomic E-state index is -0.0523. The van der Waals surface area contributed by atoms with E-state index in [1.807, 2.05) is 16.8 Å². The fourth-order valence-corrected chi connectivity index (χ4v) is 3.24. The topological polar surface area (TPSA) is 70.7 Å². The minimum Gasteiger partial charge on any atom is -0.349 e. The second-order valence-electron chi connectivity index (χ2n) is 4.15. The first kappa shape index (κ1) is 13.0. The van der Waals surface area contributed by atoms with Crippen LogP contribution in [0, 0.1) is 0 Å². The lowest BCUT2D eigenvalue weighted by Crippen LogP contribution is -2.25. The Balaban J connectivity index is 1.56. The number of nitrogens with one attached hydrogen (secondary N) is 2. The second-order valence-corrected chi connectivity index (χ2v) is 5.78. The first-order valence-corrected chi connectivity index (χ1v) is 7.85. The lowest BCUT2D eigenvalue weighted by molar-refractivity contribution is -0.120. The normalized spacial score (nSPS) is 10.6. The standard InChI is InChI=1S/C13H12N4OS2/c18-12(16-6-11-14-2-3-15-11)5-10-8-20-13(17-10)9-1-4-19-7-9/h1-4,7-8H,5-6H2,(H,14,15)(H,16,18). The summed E-state index contributed by atoms with van der Waals surface area (Å²) in [6.07, 6.45) is 3.69. The number of carbonyl (C=O) groups excluding carboxylic acids is 1. The van der Waals surface area contributed by atoms with E-state index in [9.17, 15) is 4.79 Å². The molecular formula is C13H12N4OS2. The van der Waals surface area contributed by atoms with Crippen LogP contribution in [0.3, 0.4) is 0 Å². The van der Waals surface area contributed by atoms with Crippen LogP contribution in [0.15, 0.2) is 34.6 Å². The van der Waals surface area contributed by atoms with Crippen LogP contribution in [-0.2, 0) is 17.8 Å². The van der Waals surface area contributed by atoms with Crippen molar-refractivity contribution < 1.29 is 4.79 Å². The summed E-state index contributed by atoms with van der Waals surface area (Å²) in [7, 11) is 0. The smallest absolute Gasteiger partial charge is 0.226 e. The van der Waals surface area contributed by atoms with Gasteiger partial charge in [-0.05, 0) is 11.4 Å². The summed E-state index contributed by atoms with van der Waals surface area (Å²) in [5, 5.41) is 9.78. The van der Waals surface area contributed by atoms with E-state index in [0.29, 0.717) is 13.0 Å². The van der Waals surface area contributed by atoms with Crippen LogP contribution in [0.1, 0.15) is 11.5 Å². The molecule has 3 aromatic rings. The number of amides is 1. The third kappa shape index (κ3) is 3.12. The van der Waals surface area contributed by atoms with E-state index in [4.69, 9.17) is 0 Å². The number of H-pyrrole nitrogens is 1. The van der Waals surface area contributed by atoms with Crippen molar-refractivity contribution in [1.82, 2.24) is 20.3 Å². The molecule has 0 fully saturated rings. The van der Waals surface area contributed by atoms with Gasteiger partial charge in [-0.25, -0.2) is 9.97 Å². The van der Waals surface area contributed by atoms with Crippen LogP contribution in [0.2, 0.25) is 0 Å². The molecule has 1 amide bonds. The van der Waals surface area contributed by atoms with Crippen molar-refractivity contribution in [1.29, 1.82) is 0 Å². The fraction of sp³-hybridized carbons (Fsp3) is 0.154. The SMILES string of the molecule is O=C(Cc1csc(-c2ccsc2)n1)NCc1ncc[nH]1. The molecule has 0 aromatic carbocycles. The molecule has 3 heterocycles. The van der Waals surface area contributed by atoms with E-state index in [1.165, 1.54) is 0 Å². The second kappa shape index (κ2) is 5.98. The van der Waals surface area contributed by atoms with Crippen LogP contribution >= 0.6 is 22.7 Å². The number of aromatic amines is 1. The molecule has 5 nitrogen and oxygen atoms in total. The van der Waals surface area contributed by atoms with Gasteiger partial charge in [-0.15, -0.1) is 11.3 Å². The molecule has 102 valence electrons. The maximum atomic E-state index is 11.8.